The summed E-state index contributed by atoms with van der Waals surface area (Å²) in [7, 11) is -3.44. The van der Waals surface area contributed by atoms with Gasteiger partial charge < -0.3 is 70.7 Å². The van der Waals surface area contributed by atoms with Gasteiger partial charge in [-0.15, -0.1) is 6.58 Å². The number of esters is 3. The van der Waals surface area contributed by atoms with Gasteiger partial charge in [-0.25, -0.2) is 0 Å². The molecule has 15 atom stereocenters. The van der Waals surface area contributed by atoms with Crippen LogP contribution in [0.2, 0.25) is 5.04 Å². The van der Waals surface area contributed by atoms with E-state index in [9.17, 15) is 14.4 Å². The van der Waals surface area contributed by atoms with Gasteiger partial charge in [0.15, 0.2) is 37.2 Å². The van der Waals surface area contributed by atoms with Crippen molar-refractivity contribution in [3.8, 4) is 0 Å². The number of hydrogen-bond acceptors (Lipinski definition) is 18. The number of hydrogen-bond donors (Lipinski definition) is 0. The lowest BCUT2D eigenvalue weighted by Gasteiger charge is -2.52. The molecule has 19 heteroatoms. The van der Waals surface area contributed by atoms with E-state index in [0.717, 1.165) is 38.2 Å². The maximum absolute atomic E-state index is 13.7. The summed E-state index contributed by atoms with van der Waals surface area (Å²) >= 11 is 0. The number of carbonyl (C=O) groups excluding carboxylic acids is 3. The number of ether oxygens (including phenoxy) is 14. The predicted molar refractivity (Wildman–Crippen MR) is 364 cm³/mol. The minimum absolute atomic E-state index is 0.00627. The summed E-state index contributed by atoms with van der Waals surface area (Å²) in [6.07, 6.45) is -17.1. The standard InChI is InChI=1S/C78H90O18Si/c1-9-45-83-75-73(87-50-61-39-25-14-26-40-61)70(96-77-74(92-56(5)81)71(91-55(4)80)67(90-54(3)79)64(94-77)51-82-46-57-31-17-10-18-32-57)68(65(93-75)52-88-97(78(6,7)8,62-41-27-15-28-42-62)63-43-29-16-30-44-63)95-76-72(86-49-60-37-23-13-24-38-60)69(85-48-59-35-21-12-22-36-59)66(53(2)89-76)84-47-58-33-19-11-20-34-58/h9-44,53,64-77H,1,45-52H2,2-8H3/t53-,64?,65+,66+,67?,68+,69+,70-,71?,72-,73+,74?,75+,76-,77?/m0/s1. The second-order valence-corrected chi connectivity index (χ2v) is 29.7. The van der Waals surface area contributed by atoms with E-state index in [2.05, 4.69) is 51.6 Å². The molecular weight excluding hydrogens is 1250 g/mol. The Bertz CT molecular complexity index is 3460. The van der Waals surface area contributed by atoms with Gasteiger partial charge in [-0.3, -0.25) is 14.4 Å². The molecule has 7 aromatic rings. The molecule has 3 aliphatic heterocycles. The first-order valence-electron chi connectivity index (χ1n) is 33.1. The second kappa shape index (κ2) is 35.3. The van der Waals surface area contributed by atoms with Crippen molar-refractivity contribution in [1.82, 2.24) is 0 Å². The summed E-state index contributed by atoms with van der Waals surface area (Å²) in [6.45, 7) is 16.3. The first-order valence-corrected chi connectivity index (χ1v) is 35.0. The number of benzene rings is 7. The molecule has 3 heterocycles. The van der Waals surface area contributed by atoms with Crippen LogP contribution < -0.4 is 10.4 Å². The molecule has 3 fully saturated rings. The maximum atomic E-state index is 13.7. The lowest BCUT2D eigenvalue weighted by atomic mass is 9.95. The Hall–Kier alpha value is -7.57. The highest BCUT2D eigenvalue weighted by atomic mass is 28.4. The largest absolute Gasteiger partial charge is 0.456 e. The molecule has 3 saturated heterocycles. The van der Waals surface area contributed by atoms with Crippen molar-refractivity contribution in [2.45, 2.75) is 179 Å². The lowest BCUT2D eigenvalue weighted by molar-refractivity contribution is -0.393. The van der Waals surface area contributed by atoms with E-state index in [1.54, 1.807) is 6.08 Å². The fraction of sp³-hybridized carbons (Fsp3) is 0.397. The van der Waals surface area contributed by atoms with Crippen LogP contribution in [0.25, 0.3) is 0 Å². The Morgan fingerprint density at radius 1 is 0.402 bits per heavy atom. The van der Waals surface area contributed by atoms with Gasteiger partial charge in [0.2, 0.25) is 0 Å². The first-order chi connectivity index (χ1) is 47.1. The molecule has 0 radical (unpaired) electrons. The van der Waals surface area contributed by atoms with E-state index in [-0.39, 0.29) is 52.9 Å². The average molecular weight is 1340 g/mol. The summed E-state index contributed by atoms with van der Waals surface area (Å²) in [5.74, 6) is -2.31. The van der Waals surface area contributed by atoms with Crippen molar-refractivity contribution in [1.29, 1.82) is 0 Å². The van der Waals surface area contributed by atoms with Crippen molar-refractivity contribution in [3.05, 3.63) is 253 Å². The molecule has 0 aliphatic carbocycles. The third kappa shape index (κ3) is 19.2. The van der Waals surface area contributed by atoms with Crippen LogP contribution in [0.3, 0.4) is 0 Å². The summed E-state index contributed by atoms with van der Waals surface area (Å²) in [6, 6.07) is 68.9. The van der Waals surface area contributed by atoms with Crippen LogP contribution in [0.1, 0.15) is 76.3 Å². The van der Waals surface area contributed by atoms with Crippen molar-refractivity contribution in [3.63, 3.8) is 0 Å². The molecule has 5 unspecified atom stereocenters. The number of rotatable bonds is 31. The Kier molecular flexibility index (Phi) is 26.2. The third-order valence-electron chi connectivity index (χ3n) is 17.2. The van der Waals surface area contributed by atoms with Crippen LogP contribution in [-0.2, 0) is 118 Å². The van der Waals surface area contributed by atoms with Crippen molar-refractivity contribution >= 4 is 36.6 Å². The first kappa shape index (κ1) is 72.2. The molecule has 18 nitrogen and oxygen atoms in total. The lowest BCUT2D eigenvalue weighted by Crippen LogP contribution is -2.70. The van der Waals surface area contributed by atoms with Gasteiger partial charge in [-0.2, -0.15) is 0 Å². The van der Waals surface area contributed by atoms with Gasteiger partial charge in [0.1, 0.15) is 48.8 Å². The second-order valence-electron chi connectivity index (χ2n) is 25.4. The third-order valence-corrected chi connectivity index (χ3v) is 22.2. The fourth-order valence-corrected chi connectivity index (χ4v) is 17.4. The van der Waals surface area contributed by atoms with Crippen molar-refractivity contribution in [2.24, 2.45) is 0 Å². The van der Waals surface area contributed by atoms with Crippen LogP contribution in [0.5, 0.6) is 0 Å². The molecule has 10 rings (SSSR count). The van der Waals surface area contributed by atoms with Gasteiger partial charge in [0.25, 0.3) is 8.32 Å². The average Bonchev–Trinajstić information content (AvgIpc) is 0.754. The molecule has 0 N–H and O–H groups in total. The Morgan fingerprint density at radius 3 is 1.21 bits per heavy atom. The highest BCUT2D eigenvalue weighted by Gasteiger charge is 2.60. The molecule has 0 spiro atoms. The molecule has 0 saturated carbocycles. The predicted octanol–water partition coefficient (Wildman–Crippen LogP) is 11.1. The van der Waals surface area contributed by atoms with Crippen LogP contribution in [0.4, 0.5) is 0 Å². The Labute approximate surface area is 570 Å². The minimum Gasteiger partial charge on any atom is -0.456 e. The Morgan fingerprint density at radius 2 is 0.763 bits per heavy atom. The molecule has 3 aliphatic rings. The molecule has 0 amide bonds. The molecule has 97 heavy (non-hydrogen) atoms. The Balaban J connectivity index is 1.16. The quantitative estimate of drug-likeness (QED) is 0.0172. The summed E-state index contributed by atoms with van der Waals surface area (Å²) < 4.78 is 105. The van der Waals surface area contributed by atoms with E-state index in [1.807, 2.05) is 195 Å². The van der Waals surface area contributed by atoms with E-state index < -0.39 is 123 Å². The zero-order valence-corrected chi connectivity index (χ0v) is 57.2. The summed E-state index contributed by atoms with van der Waals surface area (Å²) in [5.41, 5.74) is 4.34. The maximum Gasteiger partial charge on any atom is 0.303 e. The molecule has 514 valence electrons. The van der Waals surface area contributed by atoms with E-state index >= 15 is 0 Å². The minimum atomic E-state index is -3.44. The highest BCUT2D eigenvalue weighted by Crippen LogP contribution is 2.42. The van der Waals surface area contributed by atoms with Gasteiger partial charge in [0, 0.05) is 20.8 Å². The number of carbonyl (C=O) groups is 3. The highest BCUT2D eigenvalue weighted by molar-refractivity contribution is 6.99. The van der Waals surface area contributed by atoms with Crippen molar-refractivity contribution < 1.29 is 85.1 Å². The van der Waals surface area contributed by atoms with Crippen molar-refractivity contribution in [2.75, 3.05) is 19.8 Å². The van der Waals surface area contributed by atoms with E-state index in [4.69, 9.17) is 70.7 Å². The van der Waals surface area contributed by atoms with Crippen LogP contribution in [0.15, 0.2) is 225 Å². The zero-order valence-electron chi connectivity index (χ0n) is 56.2. The van der Waals surface area contributed by atoms with Crippen LogP contribution in [-0.4, -0.2) is 138 Å². The van der Waals surface area contributed by atoms with Gasteiger partial charge >= 0.3 is 17.9 Å². The molecule has 0 bridgehead atoms. The van der Waals surface area contributed by atoms with Crippen LogP contribution in [0, 0.1) is 0 Å². The normalized spacial score (nSPS) is 25.9. The molecule has 7 aromatic carbocycles. The van der Waals surface area contributed by atoms with Gasteiger partial charge in [-0.05, 0) is 50.2 Å². The van der Waals surface area contributed by atoms with Crippen LogP contribution >= 0.6 is 0 Å². The zero-order chi connectivity index (χ0) is 68.2. The van der Waals surface area contributed by atoms with Gasteiger partial charge in [0.05, 0.1) is 59.0 Å². The van der Waals surface area contributed by atoms with E-state index in [1.165, 1.54) is 20.8 Å². The van der Waals surface area contributed by atoms with Gasteiger partial charge in [-0.1, -0.05) is 239 Å². The van der Waals surface area contributed by atoms with E-state index in [0.29, 0.717) is 0 Å². The summed E-state index contributed by atoms with van der Waals surface area (Å²) in [4.78, 5) is 40.4. The monoisotopic (exact) mass is 1340 g/mol. The topological polar surface area (TPSA) is 190 Å². The molecular formula is C78H90O18Si. The molecule has 0 aromatic heterocycles. The smallest absolute Gasteiger partial charge is 0.303 e. The SMILES string of the molecule is C=CCO[C@@H]1O[C@H](CO[Si](c2ccccc2)(c2ccccc2)C(C)(C)C)[C@@H](O[C@@H]2O[C@@H](C)[C@@H](OCc3ccccc3)[C@@H](OCc3ccccc3)[C@@H]2OCc2ccccc2)[C@H](OC2OC(COCc3ccccc3)C(OC(C)=O)C(OC(C)=O)C2OC(C)=O)[C@H]1OCc1ccccc1. The summed E-state index contributed by atoms with van der Waals surface area (Å²) in [5, 5.41) is 1.47. The fourth-order valence-electron chi connectivity index (χ4n) is 12.8.